The number of carbonyl (C=O) groups is 5. The summed E-state index contributed by atoms with van der Waals surface area (Å²) in [7, 11) is 0. The molecule has 1 saturated carbocycles. The van der Waals surface area contributed by atoms with E-state index in [1.165, 1.54) is 27.7 Å². The first-order valence-corrected chi connectivity index (χ1v) is 10.6. The van der Waals surface area contributed by atoms with Crippen LogP contribution in [0.1, 0.15) is 53.9 Å². The molecule has 2 heterocycles. The maximum atomic E-state index is 13.1. The standard InChI is InChI=1S/C23H28O10/c1-11(2)20(27)30-15-9-23(6,32-13(4)25)16(26)7-8-22(5)19(33-22)18-17(15)14(21(28)31-18)10-29-12(3)24/h15,18-19H,1,7-10H2,2-6H3/t15-,18+,19-,22+,23+/m0/s1. The molecule has 0 aromatic carbocycles. The summed E-state index contributed by atoms with van der Waals surface area (Å²) in [6.07, 6.45) is -2.63. The van der Waals surface area contributed by atoms with Crippen LogP contribution in [0.5, 0.6) is 0 Å². The van der Waals surface area contributed by atoms with Gasteiger partial charge in [-0.05, 0) is 27.2 Å². The number of hydrogen-bond acceptors (Lipinski definition) is 10. The number of ketones is 1. The van der Waals surface area contributed by atoms with E-state index < -0.39 is 60.0 Å². The number of fused-ring (bicyclic) bond motifs is 3. The molecule has 5 atom stereocenters. The van der Waals surface area contributed by atoms with E-state index in [1.54, 1.807) is 6.92 Å². The molecule has 180 valence electrons. The van der Waals surface area contributed by atoms with Gasteiger partial charge in [-0.25, -0.2) is 9.59 Å². The fraction of sp³-hybridized carbons (Fsp3) is 0.609. The van der Waals surface area contributed by atoms with Crippen LogP contribution in [0.2, 0.25) is 0 Å². The Labute approximate surface area is 191 Å². The predicted molar refractivity (Wildman–Crippen MR) is 111 cm³/mol. The zero-order valence-corrected chi connectivity index (χ0v) is 19.4. The number of rotatable bonds is 5. The van der Waals surface area contributed by atoms with Gasteiger partial charge in [0.25, 0.3) is 0 Å². The smallest absolute Gasteiger partial charge is 0.338 e. The first-order valence-electron chi connectivity index (χ1n) is 10.6. The lowest BCUT2D eigenvalue weighted by Crippen LogP contribution is -2.47. The van der Waals surface area contributed by atoms with E-state index in [-0.39, 0.29) is 35.3 Å². The average molecular weight is 464 g/mol. The maximum Gasteiger partial charge on any atom is 0.338 e. The normalized spacial score (nSPS) is 33.3. The number of Topliss-reactive ketones (excluding diaryl/α,β-unsaturated/α-hetero) is 1. The Hall–Kier alpha value is -3.01. The summed E-state index contributed by atoms with van der Waals surface area (Å²) in [5, 5.41) is 0. The van der Waals surface area contributed by atoms with Crippen LogP contribution in [-0.4, -0.2) is 65.8 Å². The predicted octanol–water partition coefficient (Wildman–Crippen LogP) is 1.49. The molecule has 0 unspecified atom stereocenters. The minimum atomic E-state index is -1.65. The number of hydrogen-bond donors (Lipinski definition) is 0. The van der Waals surface area contributed by atoms with E-state index in [4.69, 9.17) is 23.7 Å². The molecule has 2 aliphatic heterocycles. The monoisotopic (exact) mass is 464 g/mol. The Balaban J connectivity index is 2.15. The van der Waals surface area contributed by atoms with Crippen LogP contribution in [0.25, 0.3) is 0 Å². The minimum Gasteiger partial charge on any atom is -0.461 e. The maximum absolute atomic E-state index is 13.1. The second kappa shape index (κ2) is 8.74. The van der Waals surface area contributed by atoms with E-state index in [0.717, 1.165) is 0 Å². The Bertz CT molecular complexity index is 962. The Morgan fingerprint density at radius 1 is 1.12 bits per heavy atom. The van der Waals surface area contributed by atoms with Crippen molar-refractivity contribution < 1.29 is 47.7 Å². The molecular weight excluding hydrogens is 436 g/mol. The highest BCUT2D eigenvalue weighted by atomic mass is 16.7. The van der Waals surface area contributed by atoms with E-state index in [2.05, 4.69) is 6.58 Å². The molecule has 0 N–H and O–H groups in total. The third kappa shape index (κ3) is 5.00. The molecule has 0 aromatic rings. The zero-order valence-electron chi connectivity index (χ0n) is 19.4. The molecular formula is C23H28O10. The highest BCUT2D eigenvalue weighted by molar-refractivity contribution is 5.94. The van der Waals surface area contributed by atoms with Crippen molar-refractivity contribution in [2.24, 2.45) is 0 Å². The second-order valence-corrected chi connectivity index (χ2v) is 9.02. The van der Waals surface area contributed by atoms with Crippen LogP contribution in [-0.2, 0) is 47.7 Å². The molecule has 10 heteroatoms. The molecule has 0 bridgehead atoms. The van der Waals surface area contributed by atoms with Crippen molar-refractivity contribution >= 4 is 29.7 Å². The molecule has 1 aliphatic carbocycles. The topological polar surface area (TPSA) is 135 Å². The summed E-state index contributed by atoms with van der Waals surface area (Å²) in [6, 6.07) is 0. The van der Waals surface area contributed by atoms with Crippen molar-refractivity contribution in [3.8, 4) is 0 Å². The molecule has 0 spiro atoms. The molecule has 33 heavy (non-hydrogen) atoms. The van der Waals surface area contributed by atoms with Crippen LogP contribution in [0.4, 0.5) is 0 Å². The summed E-state index contributed by atoms with van der Waals surface area (Å²) >= 11 is 0. The highest BCUT2D eigenvalue weighted by Crippen LogP contribution is 2.50. The van der Waals surface area contributed by atoms with E-state index in [1.807, 2.05) is 0 Å². The Morgan fingerprint density at radius 2 is 1.79 bits per heavy atom. The summed E-state index contributed by atoms with van der Waals surface area (Å²) < 4.78 is 27.5. The van der Waals surface area contributed by atoms with E-state index >= 15 is 0 Å². The van der Waals surface area contributed by atoms with Gasteiger partial charge in [-0.1, -0.05) is 6.58 Å². The van der Waals surface area contributed by atoms with Crippen molar-refractivity contribution in [2.45, 2.75) is 83.4 Å². The number of epoxide rings is 1. The van der Waals surface area contributed by atoms with Gasteiger partial charge in [-0.2, -0.15) is 0 Å². The molecule has 0 amide bonds. The van der Waals surface area contributed by atoms with Crippen LogP contribution < -0.4 is 0 Å². The lowest BCUT2D eigenvalue weighted by atomic mass is 9.80. The molecule has 0 radical (unpaired) electrons. The van der Waals surface area contributed by atoms with Gasteiger partial charge in [0.2, 0.25) is 0 Å². The Morgan fingerprint density at radius 3 is 2.36 bits per heavy atom. The van der Waals surface area contributed by atoms with Gasteiger partial charge in [0, 0.05) is 37.8 Å². The summed E-state index contributed by atoms with van der Waals surface area (Å²) in [5.41, 5.74) is -2.13. The van der Waals surface area contributed by atoms with Gasteiger partial charge >= 0.3 is 23.9 Å². The summed E-state index contributed by atoms with van der Waals surface area (Å²) in [4.78, 5) is 61.6. The molecule has 3 aliphatic rings. The van der Waals surface area contributed by atoms with Gasteiger partial charge in [0.1, 0.15) is 18.8 Å². The summed E-state index contributed by atoms with van der Waals surface area (Å²) in [6.45, 7) is 10.2. The van der Waals surface area contributed by atoms with Crippen molar-refractivity contribution in [1.29, 1.82) is 0 Å². The van der Waals surface area contributed by atoms with Gasteiger partial charge in [-0.3, -0.25) is 14.4 Å². The van der Waals surface area contributed by atoms with Crippen molar-refractivity contribution in [3.63, 3.8) is 0 Å². The van der Waals surface area contributed by atoms with Crippen molar-refractivity contribution in [3.05, 3.63) is 23.3 Å². The number of carbonyl (C=O) groups excluding carboxylic acids is 5. The van der Waals surface area contributed by atoms with Crippen molar-refractivity contribution in [2.75, 3.05) is 6.61 Å². The van der Waals surface area contributed by atoms with Crippen LogP contribution in [0, 0.1) is 0 Å². The third-order valence-corrected chi connectivity index (χ3v) is 6.10. The lowest BCUT2D eigenvalue weighted by molar-refractivity contribution is -0.169. The third-order valence-electron chi connectivity index (χ3n) is 6.10. The summed E-state index contributed by atoms with van der Waals surface area (Å²) in [5.74, 6) is -3.21. The zero-order chi connectivity index (χ0) is 24.7. The molecule has 3 rings (SSSR count). The second-order valence-electron chi connectivity index (χ2n) is 9.02. The minimum absolute atomic E-state index is 0.00855. The van der Waals surface area contributed by atoms with Gasteiger partial charge in [-0.15, -0.1) is 0 Å². The molecule has 1 saturated heterocycles. The van der Waals surface area contributed by atoms with Gasteiger partial charge in [0.15, 0.2) is 17.5 Å². The van der Waals surface area contributed by atoms with Crippen LogP contribution >= 0.6 is 0 Å². The van der Waals surface area contributed by atoms with Gasteiger partial charge in [0.05, 0.1) is 11.2 Å². The first-order chi connectivity index (χ1) is 15.3. The molecule has 10 nitrogen and oxygen atoms in total. The fourth-order valence-electron chi connectivity index (χ4n) is 4.25. The van der Waals surface area contributed by atoms with E-state index in [0.29, 0.717) is 6.42 Å². The van der Waals surface area contributed by atoms with Gasteiger partial charge < -0.3 is 23.7 Å². The first kappa shape index (κ1) is 24.6. The quantitative estimate of drug-likeness (QED) is 0.255. The SMILES string of the molecule is C=C(C)C(=O)O[C@H]1C[C@@](C)(OC(C)=O)C(=O)CC[C@@]2(C)O[C@H]2[C@@H]2OC(=O)C(COC(C)=O)=C12. The fourth-order valence-corrected chi connectivity index (χ4v) is 4.25. The van der Waals surface area contributed by atoms with Crippen LogP contribution in [0.15, 0.2) is 23.3 Å². The lowest BCUT2D eigenvalue weighted by Gasteiger charge is -2.34. The number of ether oxygens (including phenoxy) is 5. The van der Waals surface area contributed by atoms with Crippen molar-refractivity contribution in [1.82, 2.24) is 0 Å². The number of esters is 4. The Kier molecular flexibility index (Phi) is 6.52. The largest absolute Gasteiger partial charge is 0.461 e. The molecule has 0 aromatic heterocycles. The molecule has 2 fully saturated rings. The highest BCUT2D eigenvalue weighted by Gasteiger charge is 2.63. The average Bonchev–Trinajstić information content (AvgIpc) is 3.25. The van der Waals surface area contributed by atoms with E-state index in [9.17, 15) is 24.0 Å². The van der Waals surface area contributed by atoms with Crippen LogP contribution in [0.3, 0.4) is 0 Å².